The zero-order valence-corrected chi connectivity index (χ0v) is 11.8. The second kappa shape index (κ2) is 6.29. The van der Waals surface area contributed by atoms with Gasteiger partial charge in [0.05, 0.1) is 6.33 Å². The van der Waals surface area contributed by atoms with Gasteiger partial charge in [-0.1, -0.05) is 0 Å². The Kier molecular flexibility index (Phi) is 4.46. The molecule has 0 spiro atoms. The van der Waals surface area contributed by atoms with Crippen LogP contribution in [0.15, 0.2) is 35.5 Å². The number of carbonyl (C=O) groups excluding carboxylic acids is 1. The van der Waals surface area contributed by atoms with Crippen LogP contribution >= 0.6 is 15.9 Å². The van der Waals surface area contributed by atoms with Gasteiger partial charge in [-0.05, 0) is 28.1 Å². The van der Waals surface area contributed by atoms with E-state index in [-0.39, 0.29) is 6.42 Å². The number of H-pyrrole nitrogens is 1. The molecule has 0 fully saturated rings. The van der Waals surface area contributed by atoms with Crippen molar-refractivity contribution in [1.29, 1.82) is 0 Å². The molecule has 1 amide bonds. The summed E-state index contributed by atoms with van der Waals surface area (Å²) in [6.07, 6.45) is 4.57. The van der Waals surface area contributed by atoms with Gasteiger partial charge >= 0.3 is 5.97 Å². The number of carbonyl (C=O) groups is 2. The molecule has 0 unspecified atom stereocenters. The second-order valence-corrected chi connectivity index (χ2v) is 4.82. The van der Waals surface area contributed by atoms with Crippen molar-refractivity contribution in [3.63, 3.8) is 0 Å². The lowest BCUT2D eigenvalue weighted by atomic mass is 10.1. The summed E-state index contributed by atoms with van der Waals surface area (Å²) >= 11 is 3.15. The Morgan fingerprint density at radius 3 is 2.90 bits per heavy atom. The lowest BCUT2D eigenvalue weighted by molar-refractivity contribution is -0.139. The van der Waals surface area contributed by atoms with Crippen molar-refractivity contribution < 1.29 is 14.7 Å². The SMILES string of the molecule is O=C(N[C@H](Cc1cnc[nH]1)C(=O)O)c1ccnc(Br)c1. The number of aromatic nitrogens is 3. The van der Waals surface area contributed by atoms with Crippen LogP contribution in [0, 0.1) is 0 Å². The van der Waals surface area contributed by atoms with Crippen LogP contribution in [-0.4, -0.2) is 38.0 Å². The number of nitrogens with zero attached hydrogens (tertiary/aromatic N) is 2. The summed E-state index contributed by atoms with van der Waals surface area (Å²) in [6, 6.07) is 1.99. The molecule has 2 aromatic rings. The van der Waals surface area contributed by atoms with Gasteiger partial charge in [0.15, 0.2) is 0 Å². The van der Waals surface area contributed by atoms with Gasteiger partial charge in [-0.2, -0.15) is 0 Å². The van der Waals surface area contributed by atoms with Crippen LogP contribution in [-0.2, 0) is 11.2 Å². The monoisotopic (exact) mass is 338 g/mol. The maximum atomic E-state index is 12.0. The topological polar surface area (TPSA) is 108 Å². The van der Waals surface area contributed by atoms with Crippen LogP contribution in [0.2, 0.25) is 0 Å². The first-order chi connectivity index (χ1) is 9.56. The molecular weight excluding hydrogens is 328 g/mol. The van der Waals surface area contributed by atoms with Crippen LogP contribution in [0.25, 0.3) is 0 Å². The number of amides is 1. The van der Waals surface area contributed by atoms with Gasteiger partial charge < -0.3 is 15.4 Å². The summed E-state index contributed by atoms with van der Waals surface area (Å²) < 4.78 is 0.505. The number of imidazole rings is 1. The molecule has 2 aromatic heterocycles. The fourth-order valence-corrected chi connectivity index (χ4v) is 1.97. The van der Waals surface area contributed by atoms with Crippen molar-refractivity contribution in [3.8, 4) is 0 Å². The maximum absolute atomic E-state index is 12.0. The summed E-state index contributed by atoms with van der Waals surface area (Å²) in [5.41, 5.74) is 0.969. The Bertz CT molecular complexity index is 615. The fraction of sp³-hybridized carbons (Fsp3) is 0.167. The van der Waals surface area contributed by atoms with Crippen LogP contribution in [0.1, 0.15) is 16.1 Å². The molecule has 2 rings (SSSR count). The van der Waals surface area contributed by atoms with Gasteiger partial charge in [0.25, 0.3) is 5.91 Å². The minimum atomic E-state index is -1.11. The number of hydrogen-bond acceptors (Lipinski definition) is 4. The molecule has 1 atom stereocenters. The third-order valence-corrected chi connectivity index (χ3v) is 3.00. The van der Waals surface area contributed by atoms with E-state index in [1.165, 1.54) is 30.9 Å². The highest BCUT2D eigenvalue weighted by atomic mass is 79.9. The first kappa shape index (κ1) is 14.2. The van der Waals surface area contributed by atoms with E-state index in [1.54, 1.807) is 0 Å². The van der Waals surface area contributed by atoms with E-state index in [2.05, 4.69) is 36.2 Å². The number of nitrogens with one attached hydrogen (secondary N) is 2. The van der Waals surface area contributed by atoms with E-state index in [4.69, 9.17) is 5.11 Å². The van der Waals surface area contributed by atoms with Gasteiger partial charge in [-0.3, -0.25) is 4.79 Å². The summed E-state index contributed by atoms with van der Waals surface area (Å²) in [7, 11) is 0. The minimum absolute atomic E-state index is 0.132. The van der Waals surface area contributed by atoms with Crippen LogP contribution in [0.5, 0.6) is 0 Å². The second-order valence-electron chi connectivity index (χ2n) is 4.01. The van der Waals surface area contributed by atoms with Crippen LogP contribution in [0.4, 0.5) is 0 Å². The molecule has 104 valence electrons. The minimum Gasteiger partial charge on any atom is -0.480 e. The van der Waals surface area contributed by atoms with Crippen LogP contribution in [0.3, 0.4) is 0 Å². The molecule has 0 aliphatic heterocycles. The van der Waals surface area contributed by atoms with Crippen molar-refractivity contribution in [2.75, 3.05) is 0 Å². The van der Waals surface area contributed by atoms with Crippen molar-refractivity contribution in [2.45, 2.75) is 12.5 Å². The molecule has 0 aliphatic rings. The molecule has 0 aromatic carbocycles. The number of rotatable bonds is 5. The zero-order valence-electron chi connectivity index (χ0n) is 10.2. The number of aliphatic carboxylic acids is 1. The third-order valence-electron chi connectivity index (χ3n) is 2.57. The van der Waals surface area contributed by atoms with Gasteiger partial charge in [0, 0.05) is 30.1 Å². The smallest absolute Gasteiger partial charge is 0.326 e. The maximum Gasteiger partial charge on any atom is 0.326 e. The molecule has 0 aliphatic carbocycles. The van der Waals surface area contributed by atoms with Crippen LogP contribution < -0.4 is 5.32 Å². The molecule has 0 bridgehead atoms. The quantitative estimate of drug-likeness (QED) is 0.704. The number of carboxylic acids is 1. The van der Waals surface area contributed by atoms with Crippen molar-refractivity contribution in [1.82, 2.24) is 20.3 Å². The largest absolute Gasteiger partial charge is 0.480 e. The molecule has 7 nitrogen and oxygen atoms in total. The number of carboxylic acid groups (broad SMARTS) is 1. The van der Waals surface area contributed by atoms with E-state index in [0.717, 1.165) is 0 Å². The Balaban J connectivity index is 2.08. The Morgan fingerprint density at radius 1 is 1.50 bits per heavy atom. The average molecular weight is 339 g/mol. The van der Waals surface area contributed by atoms with Gasteiger partial charge in [-0.15, -0.1) is 0 Å². The van der Waals surface area contributed by atoms with E-state index in [1.807, 2.05) is 0 Å². The molecule has 0 saturated heterocycles. The zero-order chi connectivity index (χ0) is 14.5. The summed E-state index contributed by atoms with van der Waals surface area (Å²) in [5.74, 6) is -1.58. The number of pyridine rings is 1. The fourth-order valence-electron chi connectivity index (χ4n) is 1.60. The first-order valence-corrected chi connectivity index (χ1v) is 6.48. The summed E-state index contributed by atoms with van der Waals surface area (Å²) in [5, 5.41) is 11.6. The molecule has 0 saturated carbocycles. The Hall–Kier alpha value is -2.22. The number of aromatic amines is 1. The Labute approximate surface area is 122 Å². The number of halogens is 1. The molecule has 0 radical (unpaired) electrons. The highest BCUT2D eigenvalue weighted by molar-refractivity contribution is 9.10. The van der Waals surface area contributed by atoms with E-state index >= 15 is 0 Å². The van der Waals surface area contributed by atoms with Crippen molar-refractivity contribution >= 4 is 27.8 Å². The first-order valence-electron chi connectivity index (χ1n) is 5.68. The van der Waals surface area contributed by atoms with Gasteiger partial charge in [-0.25, -0.2) is 14.8 Å². The normalized spacial score (nSPS) is 11.8. The predicted molar refractivity (Wildman–Crippen MR) is 73.1 cm³/mol. The standard InChI is InChI=1S/C12H11BrN4O3/c13-10-3-7(1-2-15-10)11(18)17-9(12(19)20)4-8-5-14-6-16-8/h1-3,5-6,9H,4H2,(H,14,16)(H,17,18)(H,19,20)/t9-/m1/s1. The average Bonchev–Trinajstić information content (AvgIpc) is 2.90. The lowest BCUT2D eigenvalue weighted by Gasteiger charge is -2.13. The highest BCUT2D eigenvalue weighted by Crippen LogP contribution is 2.08. The van der Waals surface area contributed by atoms with Crippen molar-refractivity contribution in [2.24, 2.45) is 0 Å². The molecule has 8 heteroatoms. The van der Waals surface area contributed by atoms with E-state index in [0.29, 0.717) is 15.9 Å². The van der Waals surface area contributed by atoms with Gasteiger partial charge in [0.1, 0.15) is 10.6 Å². The molecule has 20 heavy (non-hydrogen) atoms. The third kappa shape index (κ3) is 3.64. The summed E-state index contributed by atoms with van der Waals surface area (Å²) in [6.45, 7) is 0. The predicted octanol–water partition coefficient (Wildman–Crippen LogP) is 0.993. The van der Waals surface area contributed by atoms with Crippen molar-refractivity contribution in [3.05, 3.63) is 46.7 Å². The van der Waals surface area contributed by atoms with Gasteiger partial charge in [0.2, 0.25) is 0 Å². The Morgan fingerprint density at radius 2 is 2.30 bits per heavy atom. The highest BCUT2D eigenvalue weighted by Gasteiger charge is 2.21. The van der Waals surface area contributed by atoms with E-state index < -0.39 is 17.9 Å². The molecule has 3 N–H and O–H groups in total. The molecular formula is C12H11BrN4O3. The number of hydrogen-bond donors (Lipinski definition) is 3. The lowest BCUT2D eigenvalue weighted by Crippen LogP contribution is -2.42. The van der Waals surface area contributed by atoms with E-state index in [9.17, 15) is 9.59 Å². The summed E-state index contributed by atoms with van der Waals surface area (Å²) in [4.78, 5) is 33.7. The molecule has 2 heterocycles.